The van der Waals surface area contributed by atoms with Crippen LogP contribution in [0.4, 0.5) is 5.69 Å². The molecule has 0 saturated carbocycles. The molecule has 0 atom stereocenters. The molecule has 2 heterocycles. The Hall–Kier alpha value is -2.14. The number of carbonyl (C=O) groups excluding carboxylic acids is 1. The quantitative estimate of drug-likeness (QED) is 0.749. The van der Waals surface area contributed by atoms with Gasteiger partial charge in [-0.05, 0) is 48.9 Å². The molecule has 0 aliphatic rings. The Balaban J connectivity index is 1.86. The summed E-state index contributed by atoms with van der Waals surface area (Å²) in [4.78, 5) is 19.5. The molecule has 0 bridgehead atoms. The number of hydrogen-bond donors (Lipinski definition) is 2. The highest BCUT2D eigenvalue weighted by molar-refractivity contribution is 9.10. The lowest BCUT2D eigenvalue weighted by Gasteiger charge is -2.05. The van der Waals surface area contributed by atoms with E-state index in [4.69, 9.17) is 0 Å². The third-order valence-corrected chi connectivity index (χ3v) is 3.94. The van der Waals surface area contributed by atoms with Crippen molar-refractivity contribution >= 4 is 38.6 Å². The van der Waals surface area contributed by atoms with Gasteiger partial charge < -0.3 is 10.3 Å². The van der Waals surface area contributed by atoms with E-state index >= 15 is 0 Å². The van der Waals surface area contributed by atoms with Crippen LogP contribution in [0.5, 0.6) is 0 Å². The zero-order chi connectivity index (χ0) is 14.1. The first kappa shape index (κ1) is 12.9. The third kappa shape index (κ3) is 2.44. The number of pyridine rings is 1. The van der Waals surface area contributed by atoms with Crippen LogP contribution < -0.4 is 5.32 Å². The van der Waals surface area contributed by atoms with Crippen LogP contribution in [0, 0.1) is 6.92 Å². The lowest BCUT2D eigenvalue weighted by molar-refractivity contribution is 0.102. The summed E-state index contributed by atoms with van der Waals surface area (Å²) in [6, 6.07) is 11.2. The van der Waals surface area contributed by atoms with Crippen LogP contribution in [0.2, 0.25) is 0 Å². The van der Waals surface area contributed by atoms with E-state index in [-0.39, 0.29) is 5.91 Å². The normalized spacial score (nSPS) is 10.7. The number of rotatable bonds is 2. The maximum atomic E-state index is 12.2. The standard InChI is InChI=1S/C15H12BrN3O/c1-9-7-10(4-5-11(9)16)18-15(20)14-8-13-12(19-14)3-2-6-17-13/h2-8,19H,1H3,(H,18,20). The van der Waals surface area contributed by atoms with Crippen molar-refractivity contribution in [3.63, 3.8) is 0 Å². The van der Waals surface area contributed by atoms with Crippen molar-refractivity contribution in [2.75, 3.05) is 5.32 Å². The Morgan fingerprint density at radius 3 is 2.90 bits per heavy atom. The number of aryl methyl sites for hydroxylation is 1. The van der Waals surface area contributed by atoms with Gasteiger partial charge in [0.05, 0.1) is 11.0 Å². The average molecular weight is 330 g/mol. The van der Waals surface area contributed by atoms with Gasteiger partial charge in [-0.2, -0.15) is 0 Å². The Morgan fingerprint density at radius 1 is 1.30 bits per heavy atom. The van der Waals surface area contributed by atoms with Gasteiger partial charge in [0.25, 0.3) is 5.91 Å². The highest BCUT2D eigenvalue weighted by atomic mass is 79.9. The molecule has 0 spiro atoms. The molecule has 2 aromatic heterocycles. The predicted molar refractivity (Wildman–Crippen MR) is 82.9 cm³/mol. The Bertz CT molecular complexity index is 762. The molecule has 0 fully saturated rings. The number of anilines is 1. The van der Waals surface area contributed by atoms with E-state index in [1.807, 2.05) is 37.3 Å². The molecule has 0 saturated heterocycles. The molecule has 2 N–H and O–H groups in total. The van der Waals surface area contributed by atoms with Crippen LogP contribution >= 0.6 is 15.9 Å². The topological polar surface area (TPSA) is 57.8 Å². The van der Waals surface area contributed by atoms with E-state index in [1.54, 1.807) is 12.3 Å². The summed E-state index contributed by atoms with van der Waals surface area (Å²) in [5.74, 6) is -0.176. The number of aromatic nitrogens is 2. The number of benzene rings is 1. The Kier molecular flexibility index (Phi) is 3.28. The lowest BCUT2D eigenvalue weighted by Crippen LogP contribution is -2.12. The predicted octanol–water partition coefficient (Wildman–Crippen LogP) is 3.89. The van der Waals surface area contributed by atoms with E-state index in [9.17, 15) is 4.79 Å². The maximum absolute atomic E-state index is 12.2. The van der Waals surface area contributed by atoms with Gasteiger partial charge in [0.1, 0.15) is 5.69 Å². The zero-order valence-corrected chi connectivity index (χ0v) is 12.4. The third-order valence-electron chi connectivity index (χ3n) is 3.05. The highest BCUT2D eigenvalue weighted by Crippen LogP contribution is 2.21. The van der Waals surface area contributed by atoms with Crippen molar-refractivity contribution in [2.45, 2.75) is 6.92 Å². The molecule has 3 aromatic rings. The first-order valence-electron chi connectivity index (χ1n) is 6.15. The largest absolute Gasteiger partial charge is 0.349 e. The molecular weight excluding hydrogens is 318 g/mol. The van der Waals surface area contributed by atoms with Crippen molar-refractivity contribution < 1.29 is 4.79 Å². The van der Waals surface area contributed by atoms with E-state index in [2.05, 4.69) is 31.2 Å². The van der Waals surface area contributed by atoms with Gasteiger partial charge in [0.15, 0.2) is 0 Å². The van der Waals surface area contributed by atoms with Crippen LogP contribution in [0.3, 0.4) is 0 Å². The molecule has 5 heteroatoms. The fourth-order valence-corrected chi connectivity index (χ4v) is 2.25. The fourth-order valence-electron chi connectivity index (χ4n) is 2.00. The van der Waals surface area contributed by atoms with Crippen LogP contribution in [-0.2, 0) is 0 Å². The number of aromatic amines is 1. The number of halogens is 1. The number of H-pyrrole nitrogens is 1. The molecule has 3 rings (SSSR count). The van der Waals surface area contributed by atoms with Crippen molar-refractivity contribution in [3.05, 3.63) is 58.3 Å². The molecule has 0 radical (unpaired) electrons. The van der Waals surface area contributed by atoms with Crippen LogP contribution in [-0.4, -0.2) is 15.9 Å². The number of fused-ring (bicyclic) bond motifs is 1. The fraction of sp³-hybridized carbons (Fsp3) is 0.0667. The van der Waals surface area contributed by atoms with Crippen molar-refractivity contribution in [1.82, 2.24) is 9.97 Å². The van der Waals surface area contributed by atoms with Gasteiger partial charge in [-0.3, -0.25) is 9.78 Å². The number of amides is 1. The van der Waals surface area contributed by atoms with Crippen molar-refractivity contribution in [2.24, 2.45) is 0 Å². The molecule has 100 valence electrons. The molecule has 0 aliphatic carbocycles. The Labute approximate surface area is 124 Å². The summed E-state index contributed by atoms with van der Waals surface area (Å²) < 4.78 is 1.02. The van der Waals surface area contributed by atoms with Crippen molar-refractivity contribution in [1.29, 1.82) is 0 Å². The summed E-state index contributed by atoms with van der Waals surface area (Å²) in [5, 5.41) is 2.87. The summed E-state index contributed by atoms with van der Waals surface area (Å²) >= 11 is 3.44. The van der Waals surface area contributed by atoms with Crippen LogP contribution in [0.15, 0.2) is 47.1 Å². The van der Waals surface area contributed by atoms with Gasteiger partial charge >= 0.3 is 0 Å². The number of carbonyl (C=O) groups is 1. The number of nitrogens with zero attached hydrogens (tertiary/aromatic N) is 1. The summed E-state index contributed by atoms with van der Waals surface area (Å²) in [6.45, 7) is 1.98. The second kappa shape index (κ2) is 5.09. The van der Waals surface area contributed by atoms with Gasteiger partial charge in [0, 0.05) is 16.4 Å². The van der Waals surface area contributed by atoms with E-state index in [0.717, 1.165) is 26.8 Å². The van der Waals surface area contributed by atoms with Crippen LogP contribution in [0.25, 0.3) is 11.0 Å². The number of hydrogen-bond acceptors (Lipinski definition) is 2. The van der Waals surface area contributed by atoms with E-state index in [1.165, 1.54) is 0 Å². The molecule has 0 unspecified atom stereocenters. The number of nitrogens with one attached hydrogen (secondary N) is 2. The first-order chi connectivity index (χ1) is 9.63. The molecule has 1 amide bonds. The highest BCUT2D eigenvalue weighted by Gasteiger charge is 2.10. The molecule has 0 aliphatic heterocycles. The van der Waals surface area contributed by atoms with E-state index in [0.29, 0.717) is 5.69 Å². The van der Waals surface area contributed by atoms with Gasteiger partial charge in [-0.25, -0.2) is 0 Å². The Morgan fingerprint density at radius 2 is 2.15 bits per heavy atom. The smallest absolute Gasteiger partial charge is 0.272 e. The SMILES string of the molecule is Cc1cc(NC(=O)c2cc3ncccc3[nH]2)ccc1Br. The lowest BCUT2D eigenvalue weighted by atomic mass is 10.2. The van der Waals surface area contributed by atoms with Crippen LogP contribution in [0.1, 0.15) is 16.1 Å². The molecule has 20 heavy (non-hydrogen) atoms. The average Bonchev–Trinajstić information content (AvgIpc) is 2.87. The maximum Gasteiger partial charge on any atom is 0.272 e. The molecule has 4 nitrogen and oxygen atoms in total. The zero-order valence-electron chi connectivity index (χ0n) is 10.8. The second-order valence-electron chi connectivity index (χ2n) is 4.54. The van der Waals surface area contributed by atoms with E-state index < -0.39 is 0 Å². The molecule has 1 aromatic carbocycles. The summed E-state index contributed by atoms with van der Waals surface area (Å²) in [7, 11) is 0. The monoisotopic (exact) mass is 329 g/mol. The summed E-state index contributed by atoms with van der Waals surface area (Å²) in [5.41, 5.74) is 3.97. The minimum absolute atomic E-state index is 0.176. The van der Waals surface area contributed by atoms with Gasteiger partial charge in [-0.15, -0.1) is 0 Å². The second-order valence-corrected chi connectivity index (χ2v) is 5.39. The van der Waals surface area contributed by atoms with Gasteiger partial charge in [-0.1, -0.05) is 15.9 Å². The minimum atomic E-state index is -0.176. The van der Waals surface area contributed by atoms with Crippen molar-refractivity contribution in [3.8, 4) is 0 Å². The first-order valence-corrected chi connectivity index (χ1v) is 6.94. The molecular formula is C15H12BrN3O. The summed E-state index contributed by atoms with van der Waals surface area (Å²) in [6.07, 6.45) is 1.70. The van der Waals surface area contributed by atoms with Gasteiger partial charge in [0.2, 0.25) is 0 Å². The minimum Gasteiger partial charge on any atom is -0.349 e.